The summed E-state index contributed by atoms with van der Waals surface area (Å²) in [5, 5.41) is 10.8. The first-order valence-corrected chi connectivity index (χ1v) is 7.16. The molecule has 1 aliphatic rings. The third kappa shape index (κ3) is 3.39. The molecule has 21 heavy (non-hydrogen) atoms. The maximum atomic E-state index is 12.6. The van der Waals surface area contributed by atoms with Crippen molar-refractivity contribution < 1.29 is 9.72 Å². The summed E-state index contributed by atoms with van der Waals surface area (Å²) in [5.41, 5.74) is 6.44. The lowest BCUT2D eigenvalue weighted by Gasteiger charge is -2.29. The van der Waals surface area contributed by atoms with Gasteiger partial charge in [-0.3, -0.25) is 14.9 Å². The van der Waals surface area contributed by atoms with Crippen LogP contribution in [0.3, 0.4) is 0 Å². The fourth-order valence-corrected chi connectivity index (χ4v) is 2.67. The number of carbonyl (C=O) groups is 1. The number of amides is 1. The van der Waals surface area contributed by atoms with Gasteiger partial charge in [0.2, 0.25) is 5.91 Å². The molecule has 0 heterocycles. The molecule has 1 fully saturated rings. The number of nitro benzene ring substituents is 1. The second kappa shape index (κ2) is 6.22. The van der Waals surface area contributed by atoms with Crippen molar-refractivity contribution in [2.75, 3.05) is 13.6 Å². The van der Waals surface area contributed by atoms with Crippen LogP contribution in [-0.4, -0.2) is 35.4 Å². The van der Waals surface area contributed by atoms with E-state index in [-0.39, 0.29) is 17.6 Å². The van der Waals surface area contributed by atoms with Crippen molar-refractivity contribution in [3.8, 4) is 0 Å². The molecule has 1 aromatic rings. The molecule has 6 heteroatoms. The van der Waals surface area contributed by atoms with Gasteiger partial charge in [0, 0.05) is 31.8 Å². The van der Waals surface area contributed by atoms with Crippen LogP contribution >= 0.6 is 0 Å². The van der Waals surface area contributed by atoms with E-state index in [0.29, 0.717) is 18.0 Å². The summed E-state index contributed by atoms with van der Waals surface area (Å²) in [6.45, 7) is 2.23. The fourth-order valence-electron chi connectivity index (χ4n) is 2.67. The molecule has 0 aliphatic heterocycles. The van der Waals surface area contributed by atoms with E-state index < -0.39 is 10.8 Å². The second-order valence-corrected chi connectivity index (χ2v) is 5.66. The highest BCUT2D eigenvalue weighted by atomic mass is 16.6. The highest BCUT2D eigenvalue weighted by Crippen LogP contribution is 2.35. The zero-order valence-corrected chi connectivity index (χ0v) is 12.4. The predicted octanol–water partition coefficient (Wildman–Crippen LogP) is 1.89. The van der Waals surface area contributed by atoms with E-state index in [2.05, 4.69) is 0 Å². The van der Waals surface area contributed by atoms with Gasteiger partial charge in [-0.05, 0) is 31.2 Å². The molecular weight excluding hydrogens is 270 g/mol. The molecule has 2 rings (SSSR count). The van der Waals surface area contributed by atoms with Crippen molar-refractivity contribution in [1.82, 2.24) is 4.90 Å². The molecule has 1 saturated carbocycles. The largest absolute Gasteiger partial charge is 0.341 e. The first-order valence-electron chi connectivity index (χ1n) is 7.16. The number of likely N-dealkylation sites (N-methyl/N-ethyl adjacent to an activating group) is 1. The van der Waals surface area contributed by atoms with Gasteiger partial charge >= 0.3 is 0 Å². The number of rotatable bonds is 6. The van der Waals surface area contributed by atoms with Crippen molar-refractivity contribution in [3.63, 3.8) is 0 Å². The summed E-state index contributed by atoms with van der Waals surface area (Å²) < 4.78 is 0. The average molecular weight is 291 g/mol. The van der Waals surface area contributed by atoms with Gasteiger partial charge in [-0.15, -0.1) is 0 Å². The van der Waals surface area contributed by atoms with E-state index in [9.17, 15) is 14.9 Å². The van der Waals surface area contributed by atoms with Gasteiger partial charge in [0.15, 0.2) is 0 Å². The van der Waals surface area contributed by atoms with Crippen LogP contribution in [0.4, 0.5) is 5.69 Å². The van der Waals surface area contributed by atoms with Crippen LogP contribution in [0, 0.1) is 16.0 Å². The van der Waals surface area contributed by atoms with E-state index in [1.54, 1.807) is 31.0 Å². The standard InChI is InChI=1S/C15H21N3O3/c1-10(12-4-3-5-13(8-12)18(20)21)15(19)17(2)14(9-16)11-6-7-11/h3-5,8,10-11,14H,6-7,9,16H2,1-2H3. The maximum absolute atomic E-state index is 12.6. The molecule has 0 bridgehead atoms. The Kier molecular flexibility index (Phi) is 4.57. The molecule has 2 unspecified atom stereocenters. The lowest BCUT2D eigenvalue weighted by Crippen LogP contribution is -2.44. The van der Waals surface area contributed by atoms with Crippen LogP contribution in [-0.2, 0) is 4.79 Å². The molecule has 2 atom stereocenters. The normalized spacial score (nSPS) is 17.1. The molecule has 0 spiro atoms. The smallest absolute Gasteiger partial charge is 0.269 e. The van der Waals surface area contributed by atoms with Crippen LogP contribution in [0.25, 0.3) is 0 Å². The molecule has 1 amide bonds. The van der Waals surface area contributed by atoms with Crippen molar-refractivity contribution in [3.05, 3.63) is 39.9 Å². The summed E-state index contributed by atoms with van der Waals surface area (Å²) in [4.78, 5) is 24.6. The first kappa shape index (κ1) is 15.4. The van der Waals surface area contributed by atoms with Crippen molar-refractivity contribution >= 4 is 11.6 Å². The third-order valence-corrected chi connectivity index (χ3v) is 4.20. The Morgan fingerprint density at radius 1 is 1.52 bits per heavy atom. The zero-order chi connectivity index (χ0) is 15.6. The number of hydrogen-bond acceptors (Lipinski definition) is 4. The van der Waals surface area contributed by atoms with Crippen LogP contribution in [0.1, 0.15) is 31.2 Å². The summed E-state index contributed by atoms with van der Waals surface area (Å²) >= 11 is 0. The molecular formula is C15H21N3O3. The van der Waals surface area contributed by atoms with Crippen LogP contribution in [0.5, 0.6) is 0 Å². The van der Waals surface area contributed by atoms with Gasteiger partial charge in [-0.2, -0.15) is 0 Å². The SMILES string of the molecule is CC(C(=O)N(C)C(CN)C1CC1)c1cccc([N+](=O)[O-])c1. The molecule has 2 N–H and O–H groups in total. The van der Waals surface area contributed by atoms with Gasteiger partial charge in [0.25, 0.3) is 5.69 Å². The topological polar surface area (TPSA) is 89.5 Å². The first-order chi connectivity index (χ1) is 9.95. The molecule has 0 aromatic heterocycles. The number of benzene rings is 1. The molecule has 1 aliphatic carbocycles. The Balaban J connectivity index is 2.14. The second-order valence-electron chi connectivity index (χ2n) is 5.66. The van der Waals surface area contributed by atoms with Gasteiger partial charge in [0.05, 0.1) is 10.8 Å². The minimum atomic E-state index is -0.447. The average Bonchev–Trinajstić information content (AvgIpc) is 3.31. The minimum Gasteiger partial charge on any atom is -0.341 e. The van der Waals surface area contributed by atoms with E-state index in [0.717, 1.165) is 12.8 Å². The number of non-ortho nitro benzene ring substituents is 1. The Morgan fingerprint density at radius 3 is 2.71 bits per heavy atom. The monoisotopic (exact) mass is 291 g/mol. The lowest BCUT2D eigenvalue weighted by atomic mass is 9.98. The number of carbonyl (C=O) groups excluding carboxylic acids is 1. The number of hydrogen-bond donors (Lipinski definition) is 1. The van der Waals surface area contributed by atoms with Crippen molar-refractivity contribution in [2.45, 2.75) is 31.7 Å². The fraction of sp³-hybridized carbons (Fsp3) is 0.533. The van der Waals surface area contributed by atoms with Gasteiger partial charge < -0.3 is 10.6 Å². The lowest BCUT2D eigenvalue weighted by molar-refractivity contribution is -0.384. The van der Waals surface area contributed by atoms with Gasteiger partial charge in [-0.25, -0.2) is 0 Å². The summed E-state index contributed by atoms with van der Waals surface area (Å²) in [6.07, 6.45) is 2.23. The summed E-state index contributed by atoms with van der Waals surface area (Å²) in [6, 6.07) is 6.32. The van der Waals surface area contributed by atoms with E-state index in [1.165, 1.54) is 12.1 Å². The molecule has 114 valence electrons. The Morgan fingerprint density at radius 2 is 2.19 bits per heavy atom. The van der Waals surface area contributed by atoms with Crippen LogP contribution in [0.15, 0.2) is 24.3 Å². The zero-order valence-electron chi connectivity index (χ0n) is 12.4. The number of nitrogens with zero attached hydrogens (tertiary/aromatic N) is 2. The molecule has 0 radical (unpaired) electrons. The Hall–Kier alpha value is -1.95. The highest BCUT2D eigenvalue weighted by Gasteiger charge is 2.36. The van der Waals surface area contributed by atoms with Gasteiger partial charge in [0.1, 0.15) is 0 Å². The number of nitro groups is 1. The Labute approximate surface area is 124 Å². The third-order valence-electron chi connectivity index (χ3n) is 4.20. The molecule has 1 aromatic carbocycles. The van der Waals surface area contributed by atoms with Crippen LogP contribution < -0.4 is 5.73 Å². The summed E-state index contributed by atoms with van der Waals surface area (Å²) in [7, 11) is 1.77. The molecule has 0 saturated heterocycles. The van der Waals surface area contributed by atoms with Crippen molar-refractivity contribution in [2.24, 2.45) is 11.7 Å². The van der Waals surface area contributed by atoms with E-state index in [1.807, 2.05) is 0 Å². The van der Waals surface area contributed by atoms with Crippen LogP contribution in [0.2, 0.25) is 0 Å². The summed E-state index contributed by atoms with van der Waals surface area (Å²) in [5.74, 6) is 0.0433. The van der Waals surface area contributed by atoms with E-state index in [4.69, 9.17) is 5.73 Å². The Bertz CT molecular complexity index is 543. The number of nitrogens with two attached hydrogens (primary N) is 1. The van der Waals surface area contributed by atoms with Gasteiger partial charge in [-0.1, -0.05) is 12.1 Å². The predicted molar refractivity (Wildman–Crippen MR) is 79.8 cm³/mol. The maximum Gasteiger partial charge on any atom is 0.269 e. The van der Waals surface area contributed by atoms with Crippen molar-refractivity contribution in [1.29, 1.82) is 0 Å². The quantitative estimate of drug-likeness (QED) is 0.640. The minimum absolute atomic E-state index is 0.00682. The van der Waals surface area contributed by atoms with E-state index >= 15 is 0 Å². The highest BCUT2D eigenvalue weighted by molar-refractivity contribution is 5.83. The molecule has 6 nitrogen and oxygen atoms in total.